The molecule has 5 nitrogen and oxygen atoms in total. The molecule has 0 aliphatic heterocycles. The van der Waals surface area contributed by atoms with E-state index >= 15 is 0 Å². The Labute approximate surface area is 97.7 Å². The van der Waals surface area contributed by atoms with Gasteiger partial charge in [-0.1, -0.05) is 0 Å². The summed E-state index contributed by atoms with van der Waals surface area (Å²) in [5.41, 5.74) is 7.76. The molecule has 0 atom stereocenters. The highest BCUT2D eigenvalue weighted by atomic mass is 16.3. The number of aryl methyl sites for hydroxylation is 1. The van der Waals surface area contributed by atoms with Crippen LogP contribution in [0.4, 0.5) is 5.82 Å². The first kappa shape index (κ1) is 9.89. The van der Waals surface area contributed by atoms with Crippen LogP contribution in [-0.2, 0) is 6.42 Å². The van der Waals surface area contributed by atoms with Crippen molar-refractivity contribution < 1.29 is 4.42 Å². The number of aromatic nitrogens is 3. The minimum Gasteiger partial charge on any atom is -0.469 e. The minimum atomic E-state index is 0.510. The fourth-order valence-corrected chi connectivity index (χ4v) is 1.92. The van der Waals surface area contributed by atoms with Gasteiger partial charge < -0.3 is 15.1 Å². The molecule has 0 aliphatic rings. The summed E-state index contributed by atoms with van der Waals surface area (Å²) >= 11 is 0. The van der Waals surface area contributed by atoms with E-state index in [0.717, 1.165) is 22.4 Å². The van der Waals surface area contributed by atoms with Crippen molar-refractivity contribution in [2.24, 2.45) is 0 Å². The standard InChI is InChI=1S/C12H12N4O/c1-7-6-14-12-10(7)11(13)15-9(16-12)5-8-3-2-4-17-8/h2-4,6H,5H2,1H3,(H3,13,14,15,16). The van der Waals surface area contributed by atoms with Gasteiger partial charge >= 0.3 is 0 Å². The molecule has 86 valence electrons. The van der Waals surface area contributed by atoms with Crippen LogP contribution in [0, 0.1) is 6.92 Å². The van der Waals surface area contributed by atoms with Gasteiger partial charge in [0.1, 0.15) is 23.0 Å². The predicted octanol–water partition coefficient (Wildman–Crippen LogP) is 2.03. The lowest BCUT2D eigenvalue weighted by molar-refractivity contribution is 0.517. The molecule has 0 bridgehead atoms. The number of aromatic amines is 1. The summed E-state index contributed by atoms with van der Waals surface area (Å²) in [5, 5.41) is 0.896. The van der Waals surface area contributed by atoms with E-state index in [4.69, 9.17) is 10.2 Å². The number of nitrogens with zero attached hydrogens (tertiary/aromatic N) is 2. The van der Waals surface area contributed by atoms with Gasteiger partial charge in [0.15, 0.2) is 0 Å². The van der Waals surface area contributed by atoms with Gasteiger partial charge in [0.25, 0.3) is 0 Å². The number of furan rings is 1. The number of rotatable bonds is 2. The summed E-state index contributed by atoms with van der Waals surface area (Å²) in [6.07, 6.45) is 4.06. The maximum absolute atomic E-state index is 5.93. The highest BCUT2D eigenvalue weighted by molar-refractivity contribution is 5.89. The van der Waals surface area contributed by atoms with Crippen molar-refractivity contribution >= 4 is 16.9 Å². The van der Waals surface area contributed by atoms with Gasteiger partial charge in [-0.3, -0.25) is 0 Å². The zero-order chi connectivity index (χ0) is 11.8. The molecule has 3 heterocycles. The lowest BCUT2D eigenvalue weighted by atomic mass is 10.2. The van der Waals surface area contributed by atoms with E-state index in [1.165, 1.54) is 0 Å². The molecule has 3 rings (SSSR count). The Morgan fingerprint density at radius 1 is 1.41 bits per heavy atom. The zero-order valence-corrected chi connectivity index (χ0v) is 9.40. The quantitative estimate of drug-likeness (QED) is 0.703. The summed E-state index contributed by atoms with van der Waals surface area (Å²) < 4.78 is 5.26. The zero-order valence-electron chi connectivity index (χ0n) is 9.40. The van der Waals surface area contributed by atoms with Crippen LogP contribution in [-0.4, -0.2) is 15.0 Å². The van der Waals surface area contributed by atoms with Crippen LogP contribution in [0.2, 0.25) is 0 Å². The Morgan fingerprint density at radius 3 is 3.06 bits per heavy atom. The third-order valence-corrected chi connectivity index (χ3v) is 2.72. The molecule has 0 unspecified atom stereocenters. The van der Waals surface area contributed by atoms with Crippen LogP contribution >= 0.6 is 0 Å². The number of anilines is 1. The van der Waals surface area contributed by atoms with Gasteiger partial charge in [-0.25, -0.2) is 9.97 Å². The molecule has 17 heavy (non-hydrogen) atoms. The molecule has 0 radical (unpaired) electrons. The van der Waals surface area contributed by atoms with E-state index in [1.54, 1.807) is 6.26 Å². The Bertz CT molecular complexity index is 655. The van der Waals surface area contributed by atoms with Gasteiger partial charge in [0.05, 0.1) is 18.1 Å². The monoisotopic (exact) mass is 228 g/mol. The third kappa shape index (κ3) is 1.65. The Hall–Kier alpha value is -2.30. The lowest BCUT2D eigenvalue weighted by Gasteiger charge is -2.01. The second kappa shape index (κ2) is 3.62. The van der Waals surface area contributed by atoms with Gasteiger partial charge in [0.2, 0.25) is 0 Å². The van der Waals surface area contributed by atoms with Crippen LogP contribution in [0.3, 0.4) is 0 Å². The number of nitrogen functional groups attached to an aromatic ring is 1. The van der Waals surface area contributed by atoms with Crippen molar-refractivity contribution in [1.82, 2.24) is 15.0 Å². The molecule has 3 aromatic heterocycles. The average Bonchev–Trinajstić information content (AvgIpc) is 2.89. The first-order valence-electron chi connectivity index (χ1n) is 5.36. The van der Waals surface area contributed by atoms with Crippen LogP contribution in [0.15, 0.2) is 29.0 Å². The third-order valence-electron chi connectivity index (χ3n) is 2.72. The number of nitrogens with two attached hydrogens (primary N) is 1. The smallest absolute Gasteiger partial charge is 0.143 e. The fraction of sp³-hybridized carbons (Fsp3) is 0.167. The Kier molecular flexibility index (Phi) is 2.11. The molecule has 0 saturated heterocycles. The summed E-state index contributed by atoms with van der Waals surface area (Å²) in [7, 11) is 0. The van der Waals surface area contributed by atoms with Crippen LogP contribution in [0.1, 0.15) is 17.1 Å². The highest BCUT2D eigenvalue weighted by Gasteiger charge is 2.10. The van der Waals surface area contributed by atoms with Crippen molar-refractivity contribution in [3.05, 3.63) is 41.7 Å². The van der Waals surface area contributed by atoms with Gasteiger partial charge in [-0.05, 0) is 24.6 Å². The van der Waals surface area contributed by atoms with E-state index in [1.807, 2.05) is 25.3 Å². The van der Waals surface area contributed by atoms with E-state index in [2.05, 4.69) is 15.0 Å². The van der Waals surface area contributed by atoms with E-state index in [0.29, 0.717) is 18.1 Å². The number of nitrogens with one attached hydrogen (secondary N) is 1. The van der Waals surface area contributed by atoms with Crippen molar-refractivity contribution in [1.29, 1.82) is 0 Å². The number of hydrogen-bond acceptors (Lipinski definition) is 4. The fourth-order valence-electron chi connectivity index (χ4n) is 1.92. The molecule has 0 aliphatic carbocycles. The maximum Gasteiger partial charge on any atom is 0.143 e. The molecule has 5 heteroatoms. The van der Waals surface area contributed by atoms with Crippen molar-refractivity contribution in [2.75, 3.05) is 5.73 Å². The summed E-state index contributed by atoms with van der Waals surface area (Å²) in [5.74, 6) is 1.99. The van der Waals surface area contributed by atoms with E-state index in [9.17, 15) is 0 Å². The number of hydrogen-bond donors (Lipinski definition) is 2. The molecule has 0 saturated carbocycles. The molecule has 0 spiro atoms. The molecule has 3 aromatic rings. The first-order chi connectivity index (χ1) is 8.24. The lowest BCUT2D eigenvalue weighted by Crippen LogP contribution is -2.01. The molecule has 0 amide bonds. The highest BCUT2D eigenvalue weighted by Crippen LogP contribution is 2.21. The summed E-state index contributed by atoms with van der Waals surface area (Å²) in [6, 6.07) is 3.74. The van der Waals surface area contributed by atoms with Crippen LogP contribution in [0.5, 0.6) is 0 Å². The minimum absolute atomic E-state index is 0.510. The van der Waals surface area contributed by atoms with Gasteiger partial charge in [0, 0.05) is 6.20 Å². The van der Waals surface area contributed by atoms with Gasteiger partial charge in [-0.15, -0.1) is 0 Å². The van der Waals surface area contributed by atoms with Crippen molar-refractivity contribution in [3.8, 4) is 0 Å². The largest absolute Gasteiger partial charge is 0.469 e. The van der Waals surface area contributed by atoms with Crippen LogP contribution < -0.4 is 5.73 Å². The van der Waals surface area contributed by atoms with Crippen molar-refractivity contribution in [3.63, 3.8) is 0 Å². The Morgan fingerprint density at radius 2 is 2.29 bits per heavy atom. The first-order valence-corrected chi connectivity index (χ1v) is 5.36. The van der Waals surface area contributed by atoms with E-state index < -0.39 is 0 Å². The second-order valence-electron chi connectivity index (χ2n) is 3.98. The maximum atomic E-state index is 5.93. The Balaban J connectivity index is 2.07. The molecule has 3 N–H and O–H groups in total. The SMILES string of the molecule is Cc1c[nH]c2nc(Cc3ccco3)nc(N)c12. The van der Waals surface area contributed by atoms with Crippen LogP contribution in [0.25, 0.3) is 11.0 Å². The summed E-state index contributed by atoms with van der Waals surface area (Å²) in [4.78, 5) is 11.8. The summed E-state index contributed by atoms with van der Waals surface area (Å²) in [6.45, 7) is 1.98. The normalized spacial score (nSPS) is 11.1. The van der Waals surface area contributed by atoms with Gasteiger partial charge in [-0.2, -0.15) is 0 Å². The number of fused-ring (bicyclic) bond motifs is 1. The molecule has 0 aromatic carbocycles. The molecular formula is C12H12N4O. The van der Waals surface area contributed by atoms with E-state index in [-0.39, 0.29) is 0 Å². The predicted molar refractivity (Wildman–Crippen MR) is 64.6 cm³/mol. The molecule has 0 fully saturated rings. The molecular weight excluding hydrogens is 216 g/mol. The number of H-pyrrole nitrogens is 1. The topological polar surface area (TPSA) is 80.7 Å². The van der Waals surface area contributed by atoms with Crippen molar-refractivity contribution in [2.45, 2.75) is 13.3 Å². The second-order valence-corrected chi connectivity index (χ2v) is 3.98. The average molecular weight is 228 g/mol.